The first-order valence-electron chi connectivity index (χ1n) is 5.85. The van der Waals surface area contributed by atoms with Gasteiger partial charge in [0.25, 0.3) is 0 Å². The van der Waals surface area contributed by atoms with Crippen molar-refractivity contribution in [3.8, 4) is 0 Å². The van der Waals surface area contributed by atoms with Gasteiger partial charge in [0.15, 0.2) is 0 Å². The first-order valence-corrected chi connectivity index (χ1v) is 5.85. The van der Waals surface area contributed by atoms with E-state index in [1.165, 1.54) is 20.1 Å². The number of hydrogen-bond acceptors (Lipinski definition) is 3. The van der Waals surface area contributed by atoms with Crippen LogP contribution in [0.2, 0.25) is 0 Å². The molecule has 0 radical (unpaired) electrons. The second-order valence-electron chi connectivity index (χ2n) is 4.03. The molecule has 1 atom stereocenters. The predicted octanol–water partition coefficient (Wildman–Crippen LogP) is 2.50. The minimum absolute atomic E-state index is 0.157. The van der Waals surface area contributed by atoms with Crippen LogP contribution in [0.3, 0.4) is 0 Å². The summed E-state index contributed by atoms with van der Waals surface area (Å²) in [5.74, 6) is -0.560. The molecular formula is C15H17NO3. The van der Waals surface area contributed by atoms with Gasteiger partial charge < -0.3 is 10.1 Å². The van der Waals surface area contributed by atoms with E-state index in [2.05, 4.69) is 11.9 Å². The average molecular weight is 259 g/mol. The van der Waals surface area contributed by atoms with Crippen LogP contribution in [0, 0.1) is 0 Å². The fourth-order valence-electron chi connectivity index (χ4n) is 1.55. The van der Waals surface area contributed by atoms with E-state index in [9.17, 15) is 9.59 Å². The van der Waals surface area contributed by atoms with Crippen LogP contribution in [0.1, 0.15) is 25.5 Å². The Morgan fingerprint density at radius 1 is 1.26 bits per heavy atom. The maximum Gasteiger partial charge on any atom is 0.307 e. The topological polar surface area (TPSA) is 55.4 Å². The Hall–Kier alpha value is -2.36. The predicted molar refractivity (Wildman–Crippen MR) is 73.0 cm³/mol. The van der Waals surface area contributed by atoms with Crippen LogP contribution < -0.4 is 5.32 Å². The van der Waals surface area contributed by atoms with E-state index < -0.39 is 5.97 Å². The molecule has 1 rings (SSSR count). The van der Waals surface area contributed by atoms with Gasteiger partial charge in [-0.15, -0.1) is 0 Å². The monoisotopic (exact) mass is 259 g/mol. The second kappa shape index (κ2) is 7.16. The molecule has 0 aromatic heterocycles. The van der Waals surface area contributed by atoms with Crippen molar-refractivity contribution in [3.05, 3.63) is 60.4 Å². The third kappa shape index (κ3) is 5.21. The van der Waals surface area contributed by atoms with Crippen LogP contribution in [-0.2, 0) is 14.3 Å². The summed E-state index contributed by atoms with van der Waals surface area (Å²) in [6, 6.07) is 9.11. The van der Waals surface area contributed by atoms with Crippen molar-refractivity contribution in [2.75, 3.05) is 0 Å². The van der Waals surface area contributed by atoms with Crippen LogP contribution in [0.15, 0.2) is 54.8 Å². The van der Waals surface area contributed by atoms with Crippen molar-refractivity contribution >= 4 is 11.9 Å². The molecule has 0 saturated heterocycles. The quantitative estimate of drug-likeness (QED) is 0.502. The van der Waals surface area contributed by atoms with Crippen molar-refractivity contribution in [1.82, 2.24) is 5.32 Å². The summed E-state index contributed by atoms with van der Waals surface area (Å²) in [7, 11) is 0. The Kier molecular flexibility index (Phi) is 5.54. The van der Waals surface area contributed by atoms with Crippen LogP contribution in [0.4, 0.5) is 0 Å². The van der Waals surface area contributed by atoms with Gasteiger partial charge in [-0.05, 0) is 17.2 Å². The van der Waals surface area contributed by atoms with Gasteiger partial charge in [-0.25, -0.2) is 0 Å². The molecule has 0 saturated carbocycles. The van der Waals surface area contributed by atoms with Crippen molar-refractivity contribution in [1.29, 1.82) is 0 Å². The first kappa shape index (κ1) is 14.7. The molecule has 0 spiro atoms. The van der Waals surface area contributed by atoms with Gasteiger partial charge in [0.1, 0.15) is 0 Å². The molecule has 0 aliphatic carbocycles. The Morgan fingerprint density at radius 3 is 2.42 bits per heavy atom. The molecule has 19 heavy (non-hydrogen) atoms. The molecule has 1 aromatic carbocycles. The summed E-state index contributed by atoms with van der Waals surface area (Å²) in [4.78, 5) is 21.9. The second-order valence-corrected chi connectivity index (χ2v) is 4.03. The zero-order valence-corrected chi connectivity index (χ0v) is 11.1. The number of carbonyl (C=O) groups excluding carboxylic acids is 2. The molecule has 0 unspecified atom stereocenters. The largest absolute Gasteiger partial charge is 0.435 e. The van der Waals surface area contributed by atoms with Crippen LogP contribution in [0.5, 0.6) is 0 Å². The first-order chi connectivity index (χ1) is 9.00. The molecule has 0 heterocycles. The van der Waals surface area contributed by atoms with E-state index in [0.717, 1.165) is 5.56 Å². The van der Waals surface area contributed by atoms with E-state index in [1.807, 2.05) is 30.3 Å². The third-order valence-electron chi connectivity index (χ3n) is 2.37. The van der Waals surface area contributed by atoms with E-state index in [0.29, 0.717) is 5.57 Å². The number of rotatable bonds is 5. The maximum atomic E-state index is 11.3. The molecule has 0 bridgehead atoms. The van der Waals surface area contributed by atoms with Gasteiger partial charge in [0, 0.05) is 13.8 Å². The van der Waals surface area contributed by atoms with Crippen molar-refractivity contribution in [2.45, 2.75) is 19.9 Å². The minimum atomic E-state index is -0.403. The smallest absolute Gasteiger partial charge is 0.307 e. The number of hydrogen-bond donors (Lipinski definition) is 1. The van der Waals surface area contributed by atoms with Crippen LogP contribution >= 0.6 is 0 Å². The number of nitrogens with one attached hydrogen (secondary N) is 1. The van der Waals surface area contributed by atoms with E-state index in [-0.39, 0.29) is 11.9 Å². The molecule has 1 amide bonds. The lowest BCUT2D eigenvalue weighted by atomic mass is 10.00. The van der Waals surface area contributed by atoms with Crippen molar-refractivity contribution < 1.29 is 14.3 Å². The molecular weight excluding hydrogens is 242 g/mol. The molecule has 4 heteroatoms. The molecule has 0 aliphatic heterocycles. The highest BCUT2D eigenvalue weighted by molar-refractivity contribution is 5.74. The SMILES string of the molecule is C=C(/C=C/OC(C)=O)[C@@H](NC(C)=O)c1ccccc1. The fraction of sp³-hybridized carbons (Fsp3) is 0.200. The van der Waals surface area contributed by atoms with Gasteiger partial charge in [-0.2, -0.15) is 0 Å². The molecule has 1 aromatic rings. The number of benzene rings is 1. The van der Waals surface area contributed by atoms with E-state index in [4.69, 9.17) is 4.74 Å². The number of esters is 1. The summed E-state index contributed by atoms with van der Waals surface area (Å²) in [6.45, 7) is 6.65. The number of ether oxygens (including phenoxy) is 1. The summed E-state index contributed by atoms with van der Waals surface area (Å²) in [5.41, 5.74) is 1.54. The van der Waals surface area contributed by atoms with E-state index in [1.54, 1.807) is 6.08 Å². The molecule has 1 N–H and O–H groups in total. The Labute approximate surface area is 112 Å². The van der Waals surface area contributed by atoms with Crippen LogP contribution in [-0.4, -0.2) is 11.9 Å². The zero-order valence-electron chi connectivity index (χ0n) is 11.1. The molecule has 0 fully saturated rings. The highest BCUT2D eigenvalue weighted by atomic mass is 16.5. The lowest BCUT2D eigenvalue weighted by Crippen LogP contribution is -2.26. The molecule has 0 aliphatic rings. The summed E-state index contributed by atoms with van der Waals surface area (Å²) >= 11 is 0. The fourth-order valence-corrected chi connectivity index (χ4v) is 1.55. The highest BCUT2D eigenvalue weighted by Crippen LogP contribution is 2.21. The Morgan fingerprint density at radius 2 is 1.89 bits per heavy atom. The van der Waals surface area contributed by atoms with Crippen molar-refractivity contribution in [2.24, 2.45) is 0 Å². The standard InChI is InChI=1S/C15H17NO3/c1-11(9-10-19-13(3)18)15(16-12(2)17)14-7-5-4-6-8-14/h4-10,15H,1H2,2-3H3,(H,16,17)/b10-9+/t15-/m1/s1. The molecule has 100 valence electrons. The highest BCUT2D eigenvalue weighted by Gasteiger charge is 2.14. The third-order valence-corrected chi connectivity index (χ3v) is 2.37. The Balaban J connectivity index is 2.85. The summed E-state index contributed by atoms with van der Waals surface area (Å²) in [6.07, 6.45) is 2.83. The lowest BCUT2D eigenvalue weighted by molar-refractivity contribution is -0.135. The van der Waals surface area contributed by atoms with Gasteiger partial charge in [0.2, 0.25) is 5.91 Å². The van der Waals surface area contributed by atoms with Crippen LogP contribution in [0.25, 0.3) is 0 Å². The number of carbonyl (C=O) groups is 2. The number of amides is 1. The molecule has 4 nitrogen and oxygen atoms in total. The maximum absolute atomic E-state index is 11.3. The van der Waals surface area contributed by atoms with Gasteiger partial charge >= 0.3 is 5.97 Å². The minimum Gasteiger partial charge on any atom is -0.435 e. The van der Waals surface area contributed by atoms with Gasteiger partial charge in [0.05, 0.1) is 12.3 Å². The van der Waals surface area contributed by atoms with Gasteiger partial charge in [-0.3, -0.25) is 9.59 Å². The summed E-state index contributed by atoms with van der Waals surface area (Å²) < 4.78 is 4.71. The van der Waals surface area contributed by atoms with Gasteiger partial charge in [-0.1, -0.05) is 36.9 Å². The Bertz CT molecular complexity index is 491. The van der Waals surface area contributed by atoms with Crippen molar-refractivity contribution in [3.63, 3.8) is 0 Å². The lowest BCUT2D eigenvalue weighted by Gasteiger charge is -2.18. The zero-order chi connectivity index (χ0) is 14.3. The average Bonchev–Trinajstić information content (AvgIpc) is 2.36. The van der Waals surface area contributed by atoms with E-state index >= 15 is 0 Å². The normalized spacial score (nSPS) is 11.9. The summed E-state index contributed by atoms with van der Waals surface area (Å²) in [5, 5.41) is 2.80.